The Morgan fingerprint density at radius 2 is 2.10 bits per heavy atom. The molecule has 1 aromatic carbocycles. The quantitative estimate of drug-likeness (QED) is 0.419. The van der Waals surface area contributed by atoms with Crippen molar-refractivity contribution in [3.8, 4) is 11.5 Å². The van der Waals surface area contributed by atoms with Gasteiger partial charge in [-0.05, 0) is 37.9 Å². The Kier molecular flexibility index (Phi) is 5.19. The first kappa shape index (κ1) is 15.8. The first-order valence-electron chi connectivity index (χ1n) is 6.93. The van der Waals surface area contributed by atoms with Gasteiger partial charge >= 0.3 is 0 Å². The fraction of sp³-hybridized carbons (Fsp3) is 0.571. The lowest BCUT2D eigenvalue weighted by atomic mass is 10.2. The number of non-ortho nitro benzene ring substituents is 1. The molecule has 6 nitrogen and oxygen atoms in total. The molecular weight excluding hydrogens is 290 g/mol. The van der Waals surface area contributed by atoms with Crippen molar-refractivity contribution in [1.82, 2.24) is 0 Å². The van der Waals surface area contributed by atoms with Gasteiger partial charge in [-0.25, -0.2) is 0 Å². The molecular formula is C14H20NO5Si. The lowest BCUT2D eigenvalue weighted by Gasteiger charge is -2.20. The highest BCUT2D eigenvalue weighted by Gasteiger charge is 2.33. The molecule has 0 spiro atoms. The van der Waals surface area contributed by atoms with Crippen LogP contribution in [0.15, 0.2) is 18.2 Å². The number of nitrogens with zero attached hydrogens (tertiary/aromatic N) is 1. The van der Waals surface area contributed by atoms with Crippen molar-refractivity contribution in [2.75, 3.05) is 13.7 Å². The number of rotatable bonds is 8. The normalized spacial score (nSPS) is 15.8. The minimum atomic E-state index is -0.775. The Hall–Kier alpha value is -1.60. The van der Waals surface area contributed by atoms with E-state index < -0.39 is 14.0 Å². The van der Waals surface area contributed by atoms with Gasteiger partial charge in [0, 0.05) is 6.07 Å². The van der Waals surface area contributed by atoms with E-state index in [1.165, 1.54) is 32.1 Å². The molecule has 1 saturated carbocycles. The zero-order chi connectivity index (χ0) is 15.4. The maximum atomic E-state index is 10.8. The second kappa shape index (κ2) is 6.90. The molecule has 21 heavy (non-hydrogen) atoms. The molecule has 0 aromatic heterocycles. The van der Waals surface area contributed by atoms with Gasteiger partial charge in [-0.15, -0.1) is 0 Å². The van der Waals surface area contributed by atoms with E-state index >= 15 is 0 Å². The van der Waals surface area contributed by atoms with Crippen molar-refractivity contribution in [3.05, 3.63) is 28.3 Å². The van der Waals surface area contributed by atoms with Crippen LogP contribution in [0.3, 0.4) is 0 Å². The zero-order valence-electron chi connectivity index (χ0n) is 12.5. The lowest BCUT2D eigenvalue weighted by Crippen LogP contribution is -2.28. The number of hydrogen-bond acceptors (Lipinski definition) is 5. The third-order valence-corrected chi connectivity index (χ3v) is 4.07. The zero-order valence-corrected chi connectivity index (χ0v) is 13.5. The maximum Gasteiger partial charge on any atom is 0.273 e. The summed E-state index contributed by atoms with van der Waals surface area (Å²) in [6.45, 7) is 4.66. The van der Waals surface area contributed by atoms with Crippen LogP contribution in [0.25, 0.3) is 0 Å². The van der Waals surface area contributed by atoms with E-state index in [0.29, 0.717) is 24.0 Å². The van der Waals surface area contributed by atoms with Crippen molar-refractivity contribution >= 4 is 14.7 Å². The van der Waals surface area contributed by atoms with Crippen molar-refractivity contribution in [1.29, 1.82) is 0 Å². The molecule has 1 radical (unpaired) electrons. The van der Waals surface area contributed by atoms with E-state index in [9.17, 15) is 10.1 Å². The smallest absolute Gasteiger partial charge is 0.273 e. The summed E-state index contributed by atoms with van der Waals surface area (Å²) in [6.07, 6.45) is 2.47. The van der Waals surface area contributed by atoms with Crippen LogP contribution in [-0.2, 0) is 4.43 Å². The Bertz CT molecular complexity index is 504. The largest absolute Gasteiger partial charge is 0.493 e. The van der Waals surface area contributed by atoms with Crippen LogP contribution >= 0.6 is 0 Å². The molecule has 1 aliphatic rings. The number of hydrogen-bond donors (Lipinski definition) is 0. The van der Waals surface area contributed by atoms with E-state index in [1.807, 2.05) is 0 Å². The van der Waals surface area contributed by atoms with Gasteiger partial charge < -0.3 is 13.9 Å². The molecule has 1 unspecified atom stereocenters. The van der Waals surface area contributed by atoms with E-state index in [2.05, 4.69) is 13.1 Å². The fourth-order valence-corrected chi connectivity index (χ4v) is 2.96. The number of nitro benzene ring substituents is 1. The molecule has 0 amide bonds. The maximum absolute atomic E-state index is 10.8. The summed E-state index contributed by atoms with van der Waals surface area (Å²) >= 11 is 0. The van der Waals surface area contributed by atoms with Gasteiger partial charge in [0.1, 0.15) is 6.61 Å². The molecule has 1 atom stereocenters. The second-order valence-electron chi connectivity index (χ2n) is 5.31. The van der Waals surface area contributed by atoms with Gasteiger partial charge in [-0.1, -0.05) is 0 Å². The van der Waals surface area contributed by atoms with Crippen LogP contribution in [0, 0.1) is 16.0 Å². The summed E-state index contributed by atoms with van der Waals surface area (Å²) in [7, 11) is 0.697. The van der Waals surface area contributed by atoms with Crippen LogP contribution in [0.2, 0.25) is 13.1 Å². The fourth-order valence-electron chi connectivity index (χ4n) is 2.10. The Balaban J connectivity index is 2.02. The van der Waals surface area contributed by atoms with Crippen molar-refractivity contribution in [3.63, 3.8) is 0 Å². The van der Waals surface area contributed by atoms with Crippen molar-refractivity contribution < 1.29 is 18.8 Å². The summed E-state index contributed by atoms with van der Waals surface area (Å²) in [4.78, 5) is 10.3. The van der Waals surface area contributed by atoms with Gasteiger partial charge in [0.25, 0.3) is 5.69 Å². The second-order valence-corrected chi connectivity index (χ2v) is 7.36. The van der Waals surface area contributed by atoms with Gasteiger partial charge in [0.05, 0.1) is 24.2 Å². The van der Waals surface area contributed by atoms with Crippen molar-refractivity contribution in [2.24, 2.45) is 5.92 Å². The Labute approximate surface area is 125 Å². The minimum Gasteiger partial charge on any atom is -0.493 e. The average molecular weight is 310 g/mol. The third kappa shape index (κ3) is 4.43. The van der Waals surface area contributed by atoms with Gasteiger partial charge in [-0.2, -0.15) is 0 Å². The molecule has 1 aromatic rings. The summed E-state index contributed by atoms with van der Waals surface area (Å²) in [5.74, 6) is 1.46. The van der Waals surface area contributed by atoms with Gasteiger partial charge in [0.2, 0.25) is 9.04 Å². The number of ether oxygens (including phenoxy) is 2. The Morgan fingerprint density at radius 3 is 2.62 bits per heavy atom. The molecule has 0 bridgehead atoms. The van der Waals surface area contributed by atoms with Crippen LogP contribution in [0.1, 0.15) is 12.8 Å². The average Bonchev–Trinajstić information content (AvgIpc) is 3.27. The summed E-state index contributed by atoms with van der Waals surface area (Å²) in [5, 5.41) is 10.8. The molecule has 1 aliphatic carbocycles. The third-order valence-electron chi connectivity index (χ3n) is 3.30. The van der Waals surface area contributed by atoms with E-state index in [4.69, 9.17) is 13.9 Å². The first-order valence-corrected chi connectivity index (χ1v) is 9.34. The van der Waals surface area contributed by atoms with Crippen LogP contribution < -0.4 is 9.47 Å². The highest BCUT2D eigenvalue weighted by molar-refractivity contribution is 6.48. The molecule has 1 fully saturated rings. The molecule has 0 aliphatic heterocycles. The van der Waals surface area contributed by atoms with Crippen LogP contribution in [0.5, 0.6) is 11.5 Å². The van der Waals surface area contributed by atoms with Gasteiger partial charge in [-0.3, -0.25) is 10.1 Å². The molecule has 2 rings (SSSR count). The molecule has 0 N–H and O–H groups in total. The standard InChI is InChI=1S/C14H20NO5Si/c1-18-13-8-11(15(16)17)6-7-12(13)19-9-14(10-4-5-10)20-21(2)3/h6-8,10,14H,4-5,9H2,1-3H3. The Morgan fingerprint density at radius 1 is 1.38 bits per heavy atom. The SMILES string of the molecule is COc1cc([N+](=O)[O-])ccc1OCC(O[Si](C)C)C1CC1. The minimum absolute atomic E-state index is 0.0122. The summed E-state index contributed by atoms with van der Waals surface area (Å²) < 4.78 is 16.9. The highest BCUT2D eigenvalue weighted by Crippen LogP contribution is 2.36. The van der Waals surface area contributed by atoms with Crippen LogP contribution in [-0.4, -0.2) is 33.8 Å². The van der Waals surface area contributed by atoms with Crippen LogP contribution in [0.4, 0.5) is 5.69 Å². The number of methoxy groups -OCH3 is 1. The topological polar surface area (TPSA) is 70.8 Å². The van der Waals surface area contributed by atoms with E-state index in [0.717, 1.165) is 0 Å². The van der Waals surface area contributed by atoms with Crippen molar-refractivity contribution in [2.45, 2.75) is 32.0 Å². The van der Waals surface area contributed by atoms with Gasteiger partial charge in [0.15, 0.2) is 11.5 Å². The molecule has 115 valence electrons. The number of benzene rings is 1. The summed E-state index contributed by atoms with van der Waals surface area (Å²) in [6, 6.07) is 4.36. The molecule has 7 heteroatoms. The van der Waals surface area contributed by atoms with E-state index in [-0.39, 0.29) is 11.8 Å². The number of nitro groups is 1. The highest BCUT2D eigenvalue weighted by atomic mass is 28.3. The summed E-state index contributed by atoms with van der Waals surface area (Å²) in [5.41, 5.74) is -0.0122. The predicted molar refractivity (Wildman–Crippen MR) is 80.2 cm³/mol. The molecule has 0 saturated heterocycles. The first-order chi connectivity index (χ1) is 10.0. The molecule has 0 heterocycles. The monoisotopic (exact) mass is 310 g/mol. The lowest BCUT2D eigenvalue weighted by molar-refractivity contribution is -0.384. The van der Waals surface area contributed by atoms with E-state index in [1.54, 1.807) is 6.07 Å². The predicted octanol–water partition coefficient (Wildman–Crippen LogP) is 3.03.